The van der Waals surface area contributed by atoms with E-state index in [1.165, 1.54) is 39.0 Å². The Bertz CT molecular complexity index is 1410. The van der Waals surface area contributed by atoms with Gasteiger partial charge in [0.15, 0.2) is 0 Å². The minimum atomic E-state index is -5.52. The molecule has 1 aromatic heterocycles. The molecular formula is C21H24ClF3N6O7S. The number of carbonyl (C=O) groups is 2. The number of carbonyl (C=O) groups excluding carboxylic acids is 2. The zero-order chi connectivity index (χ0) is 29.7. The smallest absolute Gasteiger partial charge is 0.368 e. The summed E-state index contributed by atoms with van der Waals surface area (Å²) in [6.07, 6.45) is -6.25. The van der Waals surface area contributed by atoms with Gasteiger partial charge in [-0.1, -0.05) is 23.7 Å². The number of sulfonamides is 1. The zero-order valence-corrected chi connectivity index (χ0v) is 22.1. The topological polar surface area (TPSA) is 195 Å². The van der Waals surface area contributed by atoms with Crippen molar-refractivity contribution in [2.24, 2.45) is 5.73 Å². The lowest BCUT2D eigenvalue weighted by molar-refractivity contribution is -0.200. The Kier molecular flexibility index (Phi) is 9.94. The number of hydroxylamine groups is 1. The van der Waals surface area contributed by atoms with Crippen LogP contribution in [0.3, 0.4) is 0 Å². The molecule has 0 aliphatic heterocycles. The van der Waals surface area contributed by atoms with E-state index in [2.05, 4.69) is 15.6 Å². The second-order valence-corrected chi connectivity index (χ2v) is 10.1. The molecule has 0 aliphatic carbocycles. The number of halogens is 4. The molecule has 13 nitrogen and oxygen atoms in total. The molecule has 0 spiro atoms. The molecule has 0 saturated heterocycles. The Morgan fingerprint density at radius 3 is 2.41 bits per heavy atom. The molecule has 0 bridgehead atoms. The molecular weight excluding hydrogens is 573 g/mol. The van der Waals surface area contributed by atoms with Crippen molar-refractivity contribution in [1.82, 2.24) is 15.5 Å². The van der Waals surface area contributed by atoms with Gasteiger partial charge in [0.1, 0.15) is 10.6 Å². The van der Waals surface area contributed by atoms with Crippen LogP contribution in [-0.4, -0.2) is 49.8 Å². The first-order valence-corrected chi connectivity index (χ1v) is 12.7. The summed E-state index contributed by atoms with van der Waals surface area (Å²) in [5.41, 5.74) is 4.53. The van der Waals surface area contributed by atoms with Gasteiger partial charge >= 0.3 is 17.7 Å². The average molecular weight is 597 g/mol. The van der Waals surface area contributed by atoms with Crippen LogP contribution in [0.15, 0.2) is 40.0 Å². The van der Waals surface area contributed by atoms with Crippen molar-refractivity contribution in [2.75, 3.05) is 11.3 Å². The van der Waals surface area contributed by atoms with Gasteiger partial charge in [-0.05, 0) is 44.5 Å². The minimum absolute atomic E-state index is 0.116. The van der Waals surface area contributed by atoms with Crippen LogP contribution in [0.2, 0.25) is 5.02 Å². The lowest BCUT2D eigenvalue weighted by atomic mass is 10.1. The lowest BCUT2D eigenvalue weighted by Crippen LogP contribution is -2.43. The van der Waals surface area contributed by atoms with Crippen molar-refractivity contribution in [2.45, 2.75) is 43.9 Å². The number of hydrogen-bond donors (Lipinski definition) is 5. The zero-order valence-electron chi connectivity index (χ0n) is 20.6. The number of nitrogens with two attached hydrogens (primary N) is 1. The van der Waals surface area contributed by atoms with E-state index in [4.69, 9.17) is 27.6 Å². The van der Waals surface area contributed by atoms with Gasteiger partial charge in [-0.25, -0.2) is 18.7 Å². The molecule has 0 aliphatic rings. The van der Waals surface area contributed by atoms with Gasteiger partial charge in [-0.15, -0.1) is 4.73 Å². The summed E-state index contributed by atoms with van der Waals surface area (Å²) in [7, 11) is -4.53. The Hall–Kier alpha value is -3.83. The molecule has 0 radical (unpaired) electrons. The molecule has 214 valence electrons. The van der Waals surface area contributed by atoms with Crippen LogP contribution in [-0.2, 0) is 24.4 Å². The van der Waals surface area contributed by atoms with Gasteiger partial charge in [0.2, 0.25) is 11.9 Å². The van der Waals surface area contributed by atoms with Gasteiger partial charge in [-0.3, -0.25) is 24.6 Å². The molecule has 18 heteroatoms. The molecule has 1 amide bonds. The maximum atomic E-state index is 13.0. The second kappa shape index (κ2) is 12.4. The van der Waals surface area contributed by atoms with Crippen LogP contribution < -0.4 is 31.6 Å². The van der Waals surface area contributed by atoms with Gasteiger partial charge < -0.3 is 15.9 Å². The quantitative estimate of drug-likeness (QED) is 0.152. The molecule has 1 aromatic carbocycles. The summed E-state index contributed by atoms with van der Waals surface area (Å²) in [5.74, 6) is -5.51. The van der Waals surface area contributed by atoms with E-state index in [-0.39, 0.29) is 21.9 Å². The fourth-order valence-corrected chi connectivity index (χ4v) is 4.94. The van der Waals surface area contributed by atoms with Crippen LogP contribution in [0.25, 0.3) is 0 Å². The van der Waals surface area contributed by atoms with Crippen LogP contribution in [0.5, 0.6) is 0 Å². The average Bonchev–Trinajstić information content (AvgIpc) is 2.82. The standard InChI is InChI=1S/C21H24ClF3N6O7S/c1-10-5-4-6-13(22)16(10)39(35,36)30-14-7-8-15(31(18(14)33)38-19(34)21(23,24)25)12(3)17(32)28-9-11(2)37-29-20(26)27/h4-8,11-12,30H,9H2,1-3H3,(H,28,32)(H4,26,27,29). The summed E-state index contributed by atoms with van der Waals surface area (Å²) in [6.45, 7) is 3.95. The number of aromatic nitrogens is 1. The van der Waals surface area contributed by atoms with Crippen molar-refractivity contribution in [3.05, 3.63) is 57.0 Å². The predicted octanol–water partition coefficient (Wildman–Crippen LogP) is 1.15. The molecule has 2 atom stereocenters. The van der Waals surface area contributed by atoms with E-state index in [0.29, 0.717) is 0 Å². The van der Waals surface area contributed by atoms with Gasteiger partial charge in [0.05, 0.1) is 22.7 Å². The monoisotopic (exact) mass is 596 g/mol. The van der Waals surface area contributed by atoms with Crippen LogP contribution in [0.1, 0.15) is 31.0 Å². The molecule has 1 heterocycles. The van der Waals surface area contributed by atoms with Crippen molar-refractivity contribution in [3.8, 4) is 0 Å². The van der Waals surface area contributed by atoms with E-state index in [0.717, 1.165) is 12.1 Å². The molecule has 2 rings (SSSR count). The van der Waals surface area contributed by atoms with Crippen molar-refractivity contribution >= 4 is 45.1 Å². The Morgan fingerprint density at radius 2 is 1.85 bits per heavy atom. The normalized spacial score (nSPS) is 13.2. The minimum Gasteiger partial charge on any atom is -0.368 e. The third-order valence-corrected chi connectivity index (χ3v) is 6.92. The predicted molar refractivity (Wildman–Crippen MR) is 132 cm³/mol. The largest absolute Gasteiger partial charge is 0.493 e. The highest BCUT2D eigenvalue weighted by atomic mass is 35.5. The molecule has 39 heavy (non-hydrogen) atoms. The third-order valence-electron chi connectivity index (χ3n) is 4.92. The first kappa shape index (κ1) is 31.4. The Morgan fingerprint density at radius 1 is 1.21 bits per heavy atom. The Balaban J connectivity index is 2.45. The van der Waals surface area contributed by atoms with Crippen LogP contribution in [0.4, 0.5) is 18.9 Å². The van der Waals surface area contributed by atoms with E-state index >= 15 is 0 Å². The van der Waals surface area contributed by atoms with E-state index < -0.39 is 67.9 Å². The fraction of sp³-hybridized carbons (Fsp3) is 0.333. The SMILES string of the molecule is Cc1cccc(Cl)c1S(=O)(=O)Nc1ccc(C(C)C(=O)NCC(C)ONC(=N)N)n(OC(=O)C(F)(F)F)c1=O. The number of alkyl halides is 3. The first-order valence-electron chi connectivity index (χ1n) is 10.8. The summed E-state index contributed by atoms with van der Waals surface area (Å²) < 4.78 is 66.5. The highest BCUT2D eigenvalue weighted by molar-refractivity contribution is 7.92. The number of guanidine groups is 1. The van der Waals surface area contributed by atoms with Gasteiger partial charge in [0.25, 0.3) is 10.0 Å². The highest BCUT2D eigenvalue weighted by Gasteiger charge is 2.43. The number of amides is 1. The van der Waals surface area contributed by atoms with Crippen LogP contribution in [0, 0.1) is 12.3 Å². The first-order chi connectivity index (χ1) is 18.0. The molecule has 2 unspecified atom stereocenters. The fourth-order valence-electron chi connectivity index (χ4n) is 3.05. The van der Waals surface area contributed by atoms with Crippen molar-refractivity contribution in [3.63, 3.8) is 0 Å². The molecule has 2 aromatic rings. The number of nitrogens with zero attached hydrogens (tertiary/aromatic N) is 1. The Labute approximate surface area is 224 Å². The van der Waals surface area contributed by atoms with Gasteiger partial charge in [0, 0.05) is 6.54 Å². The summed E-state index contributed by atoms with van der Waals surface area (Å²) >= 11 is 5.99. The van der Waals surface area contributed by atoms with E-state index in [1.807, 2.05) is 4.72 Å². The van der Waals surface area contributed by atoms with Gasteiger partial charge in [-0.2, -0.15) is 13.2 Å². The van der Waals surface area contributed by atoms with E-state index in [1.54, 1.807) is 0 Å². The van der Waals surface area contributed by atoms with Crippen molar-refractivity contribution in [1.29, 1.82) is 5.41 Å². The highest BCUT2D eigenvalue weighted by Crippen LogP contribution is 2.27. The number of pyridine rings is 1. The third kappa shape index (κ3) is 8.08. The summed E-state index contributed by atoms with van der Waals surface area (Å²) in [6, 6.07) is 6.01. The second-order valence-electron chi connectivity index (χ2n) is 8.05. The number of hydrogen-bond acceptors (Lipinski definition) is 8. The summed E-state index contributed by atoms with van der Waals surface area (Å²) in [4.78, 5) is 46.0. The van der Waals surface area contributed by atoms with Crippen molar-refractivity contribution < 1.29 is 40.9 Å². The van der Waals surface area contributed by atoms with Crippen LogP contribution >= 0.6 is 11.6 Å². The number of nitrogens with one attached hydrogen (secondary N) is 4. The maximum absolute atomic E-state index is 13.0. The number of anilines is 1. The molecule has 6 N–H and O–H groups in total. The molecule has 0 fully saturated rings. The maximum Gasteiger partial charge on any atom is 0.493 e. The van der Waals surface area contributed by atoms with E-state index in [9.17, 15) is 36.0 Å². The summed E-state index contributed by atoms with van der Waals surface area (Å²) in [5, 5.41) is 9.23. The number of benzene rings is 1. The molecule has 0 saturated carbocycles. The lowest BCUT2D eigenvalue weighted by Gasteiger charge is -2.20. The number of aryl methyl sites for hydroxylation is 1. The number of rotatable bonds is 10.